The number of nitrogens with two attached hydrogens (primary N) is 1. The summed E-state index contributed by atoms with van der Waals surface area (Å²) in [4.78, 5) is 15.0. The van der Waals surface area contributed by atoms with Gasteiger partial charge in [-0.1, -0.05) is 11.6 Å². The number of nitriles is 1. The van der Waals surface area contributed by atoms with Gasteiger partial charge in [0.1, 0.15) is 18.8 Å². The third-order valence-electron chi connectivity index (χ3n) is 2.18. The second-order valence-corrected chi connectivity index (χ2v) is 4.02. The standard InChI is InChI=1S/C12H14ClN5O2.HI/c1-20-10-3-2-8(6-9(10)13)18-12(15)17-7-11(19)16-5-4-14;/h2-3,6H,5,7H2,1H3,(H,16,19)(H3,15,17,18);1H. The van der Waals surface area contributed by atoms with Gasteiger partial charge in [-0.3, -0.25) is 4.79 Å². The second-order valence-electron chi connectivity index (χ2n) is 3.61. The minimum Gasteiger partial charge on any atom is -0.495 e. The van der Waals surface area contributed by atoms with Crippen LogP contribution in [0.25, 0.3) is 0 Å². The molecule has 9 heteroatoms. The maximum atomic E-state index is 11.2. The van der Waals surface area contributed by atoms with Crippen LogP contribution in [0.1, 0.15) is 0 Å². The number of methoxy groups -OCH3 is 1. The average Bonchev–Trinajstić information content (AvgIpc) is 2.43. The van der Waals surface area contributed by atoms with E-state index in [0.717, 1.165) is 0 Å². The first kappa shape index (κ1) is 19.3. The average molecular weight is 424 g/mol. The van der Waals surface area contributed by atoms with Crippen molar-refractivity contribution in [3.05, 3.63) is 23.2 Å². The molecule has 0 aromatic heterocycles. The number of carbonyl (C=O) groups excluding carboxylic acids is 1. The number of benzene rings is 1. The monoisotopic (exact) mass is 423 g/mol. The summed E-state index contributed by atoms with van der Waals surface area (Å²) in [5, 5.41) is 13.9. The number of aliphatic imine (C=N–C) groups is 1. The van der Waals surface area contributed by atoms with Crippen LogP contribution in [0, 0.1) is 11.3 Å². The van der Waals surface area contributed by atoms with Gasteiger partial charge in [-0.05, 0) is 18.2 Å². The number of carbonyl (C=O) groups is 1. The van der Waals surface area contributed by atoms with Crippen molar-refractivity contribution < 1.29 is 9.53 Å². The van der Waals surface area contributed by atoms with Gasteiger partial charge in [-0.25, -0.2) is 4.99 Å². The van der Waals surface area contributed by atoms with E-state index in [1.165, 1.54) is 7.11 Å². The Labute approximate surface area is 144 Å². The first-order chi connectivity index (χ1) is 9.56. The molecule has 0 unspecified atom stereocenters. The van der Waals surface area contributed by atoms with Crippen molar-refractivity contribution >= 4 is 53.1 Å². The van der Waals surface area contributed by atoms with Crippen LogP contribution in [-0.4, -0.2) is 32.1 Å². The van der Waals surface area contributed by atoms with Crippen LogP contribution in [-0.2, 0) is 4.79 Å². The van der Waals surface area contributed by atoms with Crippen LogP contribution in [0.5, 0.6) is 5.75 Å². The normalized spacial score (nSPS) is 10.0. The van der Waals surface area contributed by atoms with E-state index < -0.39 is 0 Å². The molecule has 114 valence electrons. The van der Waals surface area contributed by atoms with Crippen LogP contribution >= 0.6 is 35.6 Å². The summed E-state index contributed by atoms with van der Waals surface area (Å²) in [6.07, 6.45) is 0. The van der Waals surface area contributed by atoms with Gasteiger partial charge in [-0.15, -0.1) is 24.0 Å². The van der Waals surface area contributed by atoms with Crippen molar-refractivity contribution in [3.8, 4) is 11.8 Å². The predicted molar refractivity (Wildman–Crippen MR) is 92.2 cm³/mol. The molecule has 0 saturated carbocycles. The van der Waals surface area contributed by atoms with E-state index in [0.29, 0.717) is 16.5 Å². The fourth-order valence-corrected chi connectivity index (χ4v) is 1.54. The Morgan fingerprint density at radius 2 is 2.29 bits per heavy atom. The van der Waals surface area contributed by atoms with Crippen molar-refractivity contribution in [1.29, 1.82) is 5.26 Å². The summed E-state index contributed by atoms with van der Waals surface area (Å²) in [6, 6.07) is 6.80. The molecule has 0 heterocycles. The van der Waals surface area contributed by atoms with Gasteiger partial charge in [0, 0.05) is 5.69 Å². The van der Waals surface area contributed by atoms with E-state index in [9.17, 15) is 4.79 Å². The van der Waals surface area contributed by atoms with E-state index in [2.05, 4.69) is 15.6 Å². The van der Waals surface area contributed by atoms with Gasteiger partial charge < -0.3 is 21.1 Å². The summed E-state index contributed by atoms with van der Waals surface area (Å²) in [5.74, 6) is 0.228. The zero-order chi connectivity index (χ0) is 15.0. The van der Waals surface area contributed by atoms with Crippen molar-refractivity contribution in [1.82, 2.24) is 5.32 Å². The van der Waals surface area contributed by atoms with Gasteiger partial charge in [0.05, 0.1) is 18.2 Å². The summed E-state index contributed by atoms with van der Waals surface area (Å²) < 4.78 is 5.02. The smallest absolute Gasteiger partial charge is 0.242 e. The number of halogens is 2. The molecule has 0 spiro atoms. The topological polar surface area (TPSA) is 113 Å². The Morgan fingerprint density at radius 3 is 2.86 bits per heavy atom. The highest BCUT2D eigenvalue weighted by atomic mass is 127. The molecule has 1 aromatic rings. The predicted octanol–water partition coefficient (Wildman–Crippen LogP) is 1.33. The van der Waals surface area contributed by atoms with Crippen molar-refractivity contribution in [2.45, 2.75) is 0 Å². The zero-order valence-corrected chi connectivity index (χ0v) is 14.3. The van der Waals surface area contributed by atoms with Crippen molar-refractivity contribution in [3.63, 3.8) is 0 Å². The van der Waals surface area contributed by atoms with Gasteiger partial charge >= 0.3 is 0 Å². The molecule has 21 heavy (non-hydrogen) atoms. The van der Waals surface area contributed by atoms with E-state index in [4.69, 9.17) is 27.3 Å². The SMILES string of the molecule is COc1ccc(NC(N)=NCC(=O)NCC#N)cc1Cl.I. The molecule has 0 radical (unpaired) electrons. The van der Waals surface area contributed by atoms with Gasteiger partial charge in [0.25, 0.3) is 0 Å². The van der Waals surface area contributed by atoms with E-state index in [-0.39, 0.29) is 48.9 Å². The Morgan fingerprint density at radius 1 is 1.57 bits per heavy atom. The Hall–Kier alpha value is -1.73. The number of guanidine groups is 1. The molecule has 0 fully saturated rings. The molecule has 0 atom stereocenters. The number of amides is 1. The molecule has 1 aromatic carbocycles. The van der Waals surface area contributed by atoms with Crippen LogP contribution in [0.15, 0.2) is 23.2 Å². The Bertz CT molecular complexity index is 559. The van der Waals surface area contributed by atoms with Crippen LogP contribution in [0.3, 0.4) is 0 Å². The maximum Gasteiger partial charge on any atom is 0.242 e. The van der Waals surface area contributed by atoms with Gasteiger partial charge in [0.2, 0.25) is 5.91 Å². The van der Waals surface area contributed by atoms with E-state index >= 15 is 0 Å². The Balaban J connectivity index is 0.00000400. The number of anilines is 1. The summed E-state index contributed by atoms with van der Waals surface area (Å²) >= 11 is 5.96. The van der Waals surface area contributed by atoms with Crippen molar-refractivity contribution in [2.75, 3.05) is 25.5 Å². The van der Waals surface area contributed by atoms with Gasteiger partial charge in [0.15, 0.2) is 5.96 Å². The highest BCUT2D eigenvalue weighted by molar-refractivity contribution is 14.0. The molecule has 0 aliphatic rings. The van der Waals surface area contributed by atoms with Crippen LogP contribution in [0.2, 0.25) is 5.02 Å². The van der Waals surface area contributed by atoms with E-state index in [1.54, 1.807) is 24.3 Å². The second kappa shape index (κ2) is 10.1. The fraction of sp³-hybridized carbons (Fsp3) is 0.250. The number of hydrogen-bond donors (Lipinski definition) is 3. The molecule has 1 rings (SSSR count). The first-order valence-corrected chi connectivity index (χ1v) is 5.98. The maximum absolute atomic E-state index is 11.2. The number of hydrogen-bond acceptors (Lipinski definition) is 4. The molecule has 0 saturated heterocycles. The van der Waals surface area contributed by atoms with Gasteiger partial charge in [-0.2, -0.15) is 5.26 Å². The third-order valence-corrected chi connectivity index (χ3v) is 2.48. The molecule has 7 nitrogen and oxygen atoms in total. The lowest BCUT2D eigenvalue weighted by Crippen LogP contribution is -2.29. The third kappa shape index (κ3) is 7.01. The molecular weight excluding hydrogens is 409 g/mol. The highest BCUT2D eigenvalue weighted by Crippen LogP contribution is 2.26. The van der Waals surface area contributed by atoms with E-state index in [1.807, 2.05) is 0 Å². The highest BCUT2D eigenvalue weighted by Gasteiger charge is 2.03. The van der Waals surface area contributed by atoms with Crippen LogP contribution in [0.4, 0.5) is 5.69 Å². The molecular formula is C12H15ClIN5O2. The Kier molecular flexibility index (Phi) is 9.23. The number of ether oxygens (including phenoxy) is 1. The summed E-state index contributed by atoms with van der Waals surface area (Å²) in [5.41, 5.74) is 6.24. The molecule has 0 aliphatic carbocycles. The minimum atomic E-state index is -0.385. The van der Waals surface area contributed by atoms with Crippen LogP contribution < -0.4 is 21.1 Å². The summed E-state index contributed by atoms with van der Waals surface area (Å²) in [6.45, 7) is -0.222. The number of rotatable bonds is 5. The largest absolute Gasteiger partial charge is 0.495 e. The lowest BCUT2D eigenvalue weighted by molar-refractivity contribution is -0.119. The molecule has 1 amide bonds. The number of nitrogens with zero attached hydrogens (tertiary/aromatic N) is 2. The quantitative estimate of drug-likeness (QED) is 0.286. The lowest BCUT2D eigenvalue weighted by Gasteiger charge is -2.08. The van der Waals surface area contributed by atoms with Crippen molar-refractivity contribution in [2.24, 2.45) is 10.7 Å². The first-order valence-electron chi connectivity index (χ1n) is 5.61. The molecule has 0 aliphatic heterocycles. The fourth-order valence-electron chi connectivity index (χ4n) is 1.28. The lowest BCUT2D eigenvalue weighted by atomic mass is 10.3. The molecule has 0 bridgehead atoms. The minimum absolute atomic E-state index is 0. The summed E-state index contributed by atoms with van der Waals surface area (Å²) in [7, 11) is 1.52. The number of nitrogens with one attached hydrogen (secondary N) is 2. The zero-order valence-electron chi connectivity index (χ0n) is 11.2. The molecule has 4 N–H and O–H groups in total.